The van der Waals surface area contributed by atoms with E-state index in [2.05, 4.69) is 10.6 Å². The van der Waals surface area contributed by atoms with Crippen molar-refractivity contribution in [1.82, 2.24) is 10.6 Å². The number of hydrogen-bond donors (Lipinski definition) is 2. The number of methoxy groups -OCH3 is 1. The fraction of sp³-hybridized carbons (Fsp3) is 0.105. The molecule has 5 nitrogen and oxygen atoms in total. The second-order valence-electron chi connectivity index (χ2n) is 5.63. The lowest BCUT2D eigenvalue weighted by Gasteiger charge is -2.17. The molecule has 7 heteroatoms. The van der Waals surface area contributed by atoms with Gasteiger partial charge in [-0.05, 0) is 59.6 Å². The molecule has 0 bridgehead atoms. The van der Waals surface area contributed by atoms with E-state index in [9.17, 15) is 9.59 Å². The van der Waals surface area contributed by atoms with Crippen LogP contribution in [0.3, 0.4) is 0 Å². The monoisotopic (exact) mass is 386 g/mol. The van der Waals surface area contributed by atoms with E-state index in [0.717, 1.165) is 16.7 Å². The van der Waals surface area contributed by atoms with E-state index in [1.165, 1.54) is 6.08 Å². The standard InChI is InChI=1S/C19H15ClN2O3S/c1-25-14-7-6-11(10-15-17(23)21-19(26)22-18(15)24)13(9-14)8-12-4-2-3-5-16(12)20/h2-7,9-10H,8H2,1H3,(H2,21,22,23,24,26). The van der Waals surface area contributed by atoms with Gasteiger partial charge < -0.3 is 4.74 Å². The Kier molecular flexibility index (Phi) is 5.35. The topological polar surface area (TPSA) is 67.4 Å². The number of thiocarbonyl (C=S) groups is 1. The van der Waals surface area contributed by atoms with Crippen LogP contribution in [0.2, 0.25) is 5.02 Å². The predicted octanol–water partition coefficient (Wildman–Crippen LogP) is 2.85. The molecule has 0 atom stereocenters. The van der Waals surface area contributed by atoms with Gasteiger partial charge in [0.25, 0.3) is 11.8 Å². The first-order valence-electron chi connectivity index (χ1n) is 7.76. The van der Waals surface area contributed by atoms with Crippen LogP contribution in [-0.2, 0) is 16.0 Å². The minimum Gasteiger partial charge on any atom is -0.497 e. The van der Waals surface area contributed by atoms with Crippen LogP contribution < -0.4 is 15.4 Å². The quantitative estimate of drug-likeness (QED) is 0.481. The number of benzene rings is 2. The van der Waals surface area contributed by atoms with E-state index in [0.29, 0.717) is 17.2 Å². The van der Waals surface area contributed by atoms with Gasteiger partial charge in [0.1, 0.15) is 11.3 Å². The normalized spacial score (nSPS) is 13.9. The Hall–Kier alpha value is -2.70. The van der Waals surface area contributed by atoms with E-state index < -0.39 is 11.8 Å². The summed E-state index contributed by atoms with van der Waals surface area (Å²) in [5.41, 5.74) is 2.52. The molecule has 1 heterocycles. The smallest absolute Gasteiger partial charge is 0.263 e. The van der Waals surface area contributed by atoms with Gasteiger partial charge in [-0.25, -0.2) is 0 Å². The molecule has 2 amide bonds. The van der Waals surface area contributed by atoms with Crippen molar-refractivity contribution in [3.8, 4) is 5.75 Å². The second-order valence-corrected chi connectivity index (χ2v) is 6.44. The summed E-state index contributed by atoms with van der Waals surface area (Å²) in [5.74, 6) is -0.385. The van der Waals surface area contributed by atoms with Crippen molar-refractivity contribution in [2.75, 3.05) is 7.11 Å². The lowest BCUT2D eigenvalue weighted by atomic mass is 9.97. The van der Waals surface area contributed by atoms with Gasteiger partial charge in [-0.3, -0.25) is 20.2 Å². The highest BCUT2D eigenvalue weighted by molar-refractivity contribution is 7.80. The number of hydrogen-bond acceptors (Lipinski definition) is 4. The predicted molar refractivity (Wildman–Crippen MR) is 104 cm³/mol. The molecule has 1 aliphatic heterocycles. The van der Waals surface area contributed by atoms with Crippen LogP contribution in [0.25, 0.3) is 6.08 Å². The minimum atomic E-state index is -0.529. The van der Waals surface area contributed by atoms with Crippen molar-refractivity contribution in [2.24, 2.45) is 0 Å². The fourth-order valence-electron chi connectivity index (χ4n) is 2.61. The molecule has 132 valence electrons. The van der Waals surface area contributed by atoms with E-state index in [1.807, 2.05) is 30.3 Å². The fourth-order valence-corrected chi connectivity index (χ4v) is 3.00. The van der Waals surface area contributed by atoms with Gasteiger partial charge in [0.2, 0.25) is 0 Å². The number of carbonyl (C=O) groups excluding carboxylic acids is 2. The van der Waals surface area contributed by atoms with Crippen LogP contribution >= 0.6 is 23.8 Å². The Morgan fingerprint density at radius 3 is 2.42 bits per heavy atom. The largest absolute Gasteiger partial charge is 0.497 e. The van der Waals surface area contributed by atoms with E-state index in [-0.39, 0.29) is 10.7 Å². The van der Waals surface area contributed by atoms with Crippen LogP contribution in [0.4, 0.5) is 0 Å². The van der Waals surface area contributed by atoms with Crippen LogP contribution in [0.15, 0.2) is 48.0 Å². The first-order chi connectivity index (χ1) is 12.5. The van der Waals surface area contributed by atoms with Crippen LogP contribution in [0, 0.1) is 0 Å². The third-order valence-corrected chi connectivity index (χ3v) is 4.50. The van der Waals surface area contributed by atoms with Crippen molar-refractivity contribution in [1.29, 1.82) is 0 Å². The molecule has 0 aromatic heterocycles. The van der Waals surface area contributed by atoms with Gasteiger partial charge in [0.05, 0.1) is 7.11 Å². The molecule has 1 aliphatic rings. The van der Waals surface area contributed by atoms with Gasteiger partial charge in [0.15, 0.2) is 5.11 Å². The lowest BCUT2D eigenvalue weighted by Crippen LogP contribution is -2.51. The molecule has 0 radical (unpaired) electrons. The number of ether oxygens (including phenoxy) is 1. The Bertz CT molecular complexity index is 918. The van der Waals surface area contributed by atoms with E-state index in [4.69, 9.17) is 28.6 Å². The van der Waals surface area contributed by atoms with E-state index in [1.54, 1.807) is 19.2 Å². The van der Waals surface area contributed by atoms with Crippen LogP contribution in [0.5, 0.6) is 5.75 Å². The third-order valence-electron chi connectivity index (χ3n) is 3.93. The van der Waals surface area contributed by atoms with Crippen LogP contribution in [-0.4, -0.2) is 24.0 Å². The average Bonchev–Trinajstić information content (AvgIpc) is 2.61. The number of carbonyl (C=O) groups is 2. The van der Waals surface area contributed by atoms with Crippen molar-refractivity contribution in [2.45, 2.75) is 6.42 Å². The van der Waals surface area contributed by atoms with Crippen LogP contribution in [0.1, 0.15) is 16.7 Å². The molecule has 0 spiro atoms. The molecule has 0 unspecified atom stereocenters. The zero-order valence-electron chi connectivity index (χ0n) is 13.8. The zero-order chi connectivity index (χ0) is 18.7. The number of amides is 2. The maximum absolute atomic E-state index is 12.1. The minimum absolute atomic E-state index is 0.00294. The first kappa shape index (κ1) is 18.1. The second kappa shape index (κ2) is 7.68. The third kappa shape index (κ3) is 3.92. The molecule has 2 N–H and O–H groups in total. The number of halogens is 1. The van der Waals surface area contributed by atoms with Crippen molar-refractivity contribution in [3.63, 3.8) is 0 Å². The summed E-state index contributed by atoms with van der Waals surface area (Å²) < 4.78 is 5.29. The van der Waals surface area contributed by atoms with E-state index >= 15 is 0 Å². The Labute approximate surface area is 161 Å². The number of nitrogens with one attached hydrogen (secondary N) is 2. The summed E-state index contributed by atoms with van der Waals surface area (Å²) in [6.07, 6.45) is 2.07. The molecule has 3 rings (SSSR count). The summed E-state index contributed by atoms with van der Waals surface area (Å²) in [7, 11) is 1.58. The number of rotatable bonds is 4. The van der Waals surface area contributed by atoms with Crippen molar-refractivity contribution >= 4 is 46.8 Å². The molecular formula is C19H15ClN2O3S. The zero-order valence-corrected chi connectivity index (χ0v) is 15.4. The van der Waals surface area contributed by atoms with Gasteiger partial charge in [-0.2, -0.15) is 0 Å². The highest BCUT2D eigenvalue weighted by atomic mass is 35.5. The molecule has 2 aromatic carbocycles. The molecular weight excluding hydrogens is 372 g/mol. The Morgan fingerprint density at radius 2 is 1.77 bits per heavy atom. The molecule has 0 saturated carbocycles. The van der Waals surface area contributed by atoms with Gasteiger partial charge in [-0.1, -0.05) is 35.9 Å². The highest BCUT2D eigenvalue weighted by Crippen LogP contribution is 2.26. The maximum Gasteiger partial charge on any atom is 0.263 e. The summed E-state index contributed by atoms with van der Waals surface area (Å²) >= 11 is 11.1. The van der Waals surface area contributed by atoms with Gasteiger partial charge in [0, 0.05) is 5.02 Å². The molecule has 1 fully saturated rings. The summed E-state index contributed by atoms with van der Waals surface area (Å²) in [6, 6.07) is 12.9. The van der Waals surface area contributed by atoms with Gasteiger partial charge in [-0.15, -0.1) is 0 Å². The molecule has 26 heavy (non-hydrogen) atoms. The van der Waals surface area contributed by atoms with Crippen molar-refractivity contribution in [3.05, 3.63) is 69.8 Å². The Morgan fingerprint density at radius 1 is 1.08 bits per heavy atom. The summed E-state index contributed by atoms with van der Waals surface area (Å²) in [4.78, 5) is 24.2. The molecule has 2 aromatic rings. The lowest BCUT2D eigenvalue weighted by molar-refractivity contribution is -0.123. The Balaban J connectivity index is 2.03. The molecule has 0 aliphatic carbocycles. The summed E-state index contributed by atoms with van der Waals surface area (Å²) in [5, 5.41) is 5.50. The molecule has 1 saturated heterocycles. The summed E-state index contributed by atoms with van der Waals surface area (Å²) in [6.45, 7) is 0. The maximum atomic E-state index is 12.1. The SMILES string of the molecule is COc1ccc(C=C2C(=O)NC(=S)NC2=O)c(Cc2ccccc2Cl)c1. The van der Waals surface area contributed by atoms with Gasteiger partial charge >= 0.3 is 0 Å². The van der Waals surface area contributed by atoms with Crippen molar-refractivity contribution < 1.29 is 14.3 Å². The average molecular weight is 387 g/mol. The highest BCUT2D eigenvalue weighted by Gasteiger charge is 2.26. The first-order valence-corrected chi connectivity index (χ1v) is 8.55.